The molecule has 1 atom stereocenters. The maximum atomic E-state index is 5.87. The number of ether oxygens (including phenoxy) is 1. The second kappa shape index (κ2) is 10.2. The number of benzene rings is 3. The van der Waals surface area contributed by atoms with Gasteiger partial charge in [-0.1, -0.05) is 49.4 Å². The van der Waals surface area contributed by atoms with E-state index in [1.807, 2.05) is 36.6 Å². The molecule has 0 aromatic heterocycles. The normalized spacial score (nSPS) is 11.8. The Labute approximate surface area is 172 Å². The van der Waals surface area contributed by atoms with Crippen LogP contribution in [0.2, 0.25) is 0 Å². The number of rotatable bonds is 9. The molecule has 0 spiro atoms. The van der Waals surface area contributed by atoms with Crippen molar-refractivity contribution in [2.24, 2.45) is 0 Å². The molecule has 0 fully saturated rings. The minimum atomic E-state index is 0.382. The summed E-state index contributed by atoms with van der Waals surface area (Å²) in [7, 11) is 2.08. The summed E-state index contributed by atoms with van der Waals surface area (Å²) in [5, 5.41) is 0. The lowest BCUT2D eigenvalue weighted by Gasteiger charge is -2.21. The van der Waals surface area contributed by atoms with E-state index in [2.05, 4.69) is 67.4 Å². The van der Waals surface area contributed by atoms with Crippen LogP contribution in [-0.2, 0) is 10.8 Å². The van der Waals surface area contributed by atoms with Gasteiger partial charge in [0.2, 0.25) is 0 Å². The van der Waals surface area contributed by atoms with Gasteiger partial charge in [-0.15, -0.1) is 0 Å². The lowest BCUT2D eigenvalue weighted by Crippen LogP contribution is -2.09. The summed E-state index contributed by atoms with van der Waals surface area (Å²) in [5.74, 6) is 1.26. The zero-order valence-electron chi connectivity index (χ0n) is 16.7. The molecule has 0 saturated carbocycles. The number of hydrogen-bond acceptors (Lipinski definition) is 4. The van der Waals surface area contributed by atoms with Crippen LogP contribution in [0.1, 0.15) is 24.0 Å². The smallest absolute Gasteiger partial charge is 0.119 e. The molecule has 1 unspecified atom stereocenters. The zero-order chi connectivity index (χ0) is 19.8. The van der Waals surface area contributed by atoms with E-state index in [1.165, 1.54) is 23.2 Å². The highest BCUT2D eigenvalue weighted by Gasteiger charge is 2.08. The summed E-state index contributed by atoms with van der Waals surface area (Å²) in [6, 6.07) is 27.1. The molecule has 3 aromatic rings. The fraction of sp³-hybridized carbons (Fsp3) is 0.250. The van der Waals surface area contributed by atoms with Gasteiger partial charge in [0.05, 0.1) is 6.61 Å². The summed E-state index contributed by atoms with van der Waals surface area (Å²) in [4.78, 5) is 2.17. The Kier molecular flexibility index (Phi) is 7.40. The molecule has 0 amide bonds. The fourth-order valence-corrected chi connectivity index (χ4v) is 3.29. The maximum absolute atomic E-state index is 5.87. The Hall–Kier alpha value is -2.43. The molecule has 4 heteroatoms. The van der Waals surface area contributed by atoms with Crippen LogP contribution < -0.4 is 9.64 Å². The van der Waals surface area contributed by atoms with Crippen molar-refractivity contribution in [2.45, 2.75) is 19.4 Å². The van der Waals surface area contributed by atoms with Crippen molar-refractivity contribution in [3.8, 4) is 5.75 Å². The molecule has 3 aromatic carbocycles. The molecule has 0 radical (unpaired) electrons. The summed E-state index contributed by atoms with van der Waals surface area (Å²) >= 11 is 1.41. The van der Waals surface area contributed by atoms with Crippen LogP contribution in [0.4, 0.5) is 11.4 Å². The van der Waals surface area contributed by atoms with Crippen molar-refractivity contribution in [1.82, 2.24) is 0 Å². The van der Waals surface area contributed by atoms with E-state index in [1.54, 1.807) is 0 Å². The Bertz CT molecular complexity index is 835. The molecule has 3 nitrogen and oxygen atoms in total. The highest BCUT2D eigenvalue weighted by Crippen LogP contribution is 2.27. The molecule has 0 N–H and O–H groups in total. The topological polar surface area (TPSA) is 21.7 Å². The average Bonchev–Trinajstić information content (AvgIpc) is 2.76. The van der Waals surface area contributed by atoms with Crippen LogP contribution in [-0.4, -0.2) is 19.9 Å². The van der Waals surface area contributed by atoms with E-state index in [4.69, 9.17) is 8.92 Å². The predicted molar refractivity (Wildman–Crippen MR) is 120 cm³/mol. The van der Waals surface area contributed by atoms with Crippen molar-refractivity contribution < 1.29 is 8.92 Å². The monoisotopic (exact) mass is 393 g/mol. The van der Waals surface area contributed by atoms with Crippen LogP contribution in [0.5, 0.6) is 5.75 Å². The van der Waals surface area contributed by atoms with Gasteiger partial charge in [0.25, 0.3) is 0 Å². The molecule has 0 heterocycles. The maximum Gasteiger partial charge on any atom is 0.119 e. The summed E-state index contributed by atoms with van der Waals surface area (Å²) in [6.07, 6.45) is 1.95. The third kappa shape index (κ3) is 5.54. The first-order valence-electron chi connectivity index (χ1n) is 9.43. The third-order valence-corrected chi connectivity index (χ3v) is 5.13. The average molecular weight is 394 g/mol. The summed E-state index contributed by atoms with van der Waals surface area (Å²) in [6.45, 7) is 3.49. The second-order valence-corrected chi connectivity index (χ2v) is 7.34. The number of hydrogen-bond donors (Lipinski definition) is 0. The van der Waals surface area contributed by atoms with Gasteiger partial charge < -0.3 is 13.8 Å². The molecule has 0 saturated heterocycles. The van der Waals surface area contributed by atoms with Gasteiger partial charge in [-0.3, -0.25) is 0 Å². The summed E-state index contributed by atoms with van der Waals surface area (Å²) < 4.78 is 11.3. The molecule has 0 aliphatic rings. The first-order chi connectivity index (χ1) is 13.7. The van der Waals surface area contributed by atoms with Crippen molar-refractivity contribution in [1.29, 1.82) is 0 Å². The van der Waals surface area contributed by atoms with Crippen LogP contribution >= 0.6 is 12.0 Å². The number of anilines is 2. The van der Waals surface area contributed by atoms with Gasteiger partial charge in [-0.05, 0) is 59.6 Å². The highest BCUT2D eigenvalue weighted by molar-refractivity contribution is 7.93. The molecule has 0 aliphatic heterocycles. The van der Waals surface area contributed by atoms with E-state index < -0.39 is 0 Å². The SMILES string of the molecule is CSOCC(C)c1ccc(N(C)c2ccc(OCc3ccccc3)cc2)cc1. The minimum absolute atomic E-state index is 0.382. The minimum Gasteiger partial charge on any atom is -0.489 e. The van der Waals surface area contributed by atoms with E-state index in [-0.39, 0.29) is 0 Å². The van der Waals surface area contributed by atoms with Crippen LogP contribution in [0, 0.1) is 0 Å². The largest absolute Gasteiger partial charge is 0.489 e. The van der Waals surface area contributed by atoms with Gasteiger partial charge in [-0.2, -0.15) is 0 Å². The van der Waals surface area contributed by atoms with E-state index in [9.17, 15) is 0 Å². The molecule has 0 bridgehead atoms. The van der Waals surface area contributed by atoms with Crippen molar-refractivity contribution in [3.63, 3.8) is 0 Å². The zero-order valence-corrected chi connectivity index (χ0v) is 17.5. The molecule has 3 rings (SSSR count). The standard InChI is InChI=1S/C24H27NO2S/c1-19(17-27-28-3)21-9-11-22(12-10-21)25(2)23-13-15-24(16-14-23)26-18-20-7-5-4-6-8-20/h4-16,19H,17-18H2,1-3H3. The second-order valence-electron chi connectivity index (χ2n) is 6.77. The lowest BCUT2D eigenvalue weighted by molar-refractivity contribution is 0.306. The Morgan fingerprint density at radius 1 is 0.857 bits per heavy atom. The first kappa shape index (κ1) is 20.3. The molecular weight excluding hydrogens is 366 g/mol. The van der Waals surface area contributed by atoms with Crippen LogP contribution in [0.3, 0.4) is 0 Å². The molecule has 28 heavy (non-hydrogen) atoms. The lowest BCUT2D eigenvalue weighted by atomic mass is 10.0. The fourth-order valence-electron chi connectivity index (χ4n) is 2.95. The quantitative estimate of drug-likeness (QED) is 0.390. The van der Waals surface area contributed by atoms with E-state index >= 15 is 0 Å². The van der Waals surface area contributed by atoms with E-state index in [0.29, 0.717) is 12.5 Å². The van der Waals surface area contributed by atoms with Gasteiger partial charge in [-0.25, -0.2) is 0 Å². The first-order valence-corrected chi connectivity index (χ1v) is 10.6. The van der Waals surface area contributed by atoms with Crippen molar-refractivity contribution in [2.75, 3.05) is 24.8 Å². The highest BCUT2D eigenvalue weighted by atomic mass is 32.2. The van der Waals surface area contributed by atoms with Gasteiger partial charge in [0.1, 0.15) is 12.4 Å². The van der Waals surface area contributed by atoms with Crippen LogP contribution in [0.15, 0.2) is 78.9 Å². The Morgan fingerprint density at radius 3 is 2.07 bits per heavy atom. The molecular formula is C24H27NO2S. The molecule has 0 aliphatic carbocycles. The Morgan fingerprint density at radius 2 is 1.46 bits per heavy atom. The van der Waals surface area contributed by atoms with Crippen LogP contribution in [0.25, 0.3) is 0 Å². The van der Waals surface area contributed by atoms with Gasteiger partial charge in [0.15, 0.2) is 0 Å². The Balaban J connectivity index is 1.60. The van der Waals surface area contributed by atoms with Crippen molar-refractivity contribution in [3.05, 3.63) is 90.0 Å². The van der Waals surface area contributed by atoms with Gasteiger partial charge in [0, 0.05) is 30.6 Å². The van der Waals surface area contributed by atoms with Gasteiger partial charge >= 0.3 is 0 Å². The van der Waals surface area contributed by atoms with Crippen molar-refractivity contribution >= 4 is 23.4 Å². The molecule has 146 valence electrons. The third-order valence-electron chi connectivity index (χ3n) is 4.76. The summed E-state index contributed by atoms with van der Waals surface area (Å²) in [5.41, 5.74) is 4.73. The van der Waals surface area contributed by atoms with E-state index in [0.717, 1.165) is 23.7 Å². The number of nitrogens with zero attached hydrogens (tertiary/aromatic N) is 1. The predicted octanol–water partition coefficient (Wildman–Crippen LogP) is 6.43.